The zero-order valence-electron chi connectivity index (χ0n) is 18.5. The molecule has 3 N–H and O–H groups in total. The number of halogens is 1. The monoisotopic (exact) mass is 498 g/mol. The normalized spacial score (nSPS) is 14.5. The van der Waals surface area contributed by atoms with Gasteiger partial charge in [0.1, 0.15) is 11.9 Å². The highest BCUT2D eigenvalue weighted by molar-refractivity contribution is 7.89. The summed E-state index contributed by atoms with van der Waals surface area (Å²) in [4.78, 5) is 29.8. The van der Waals surface area contributed by atoms with Gasteiger partial charge in [-0.25, -0.2) is 17.5 Å². The first kappa shape index (κ1) is 24.5. The smallest absolute Gasteiger partial charge is 0.251 e. The van der Waals surface area contributed by atoms with Gasteiger partial charge < -0.3 is 15.4 Å². The standard InChI is InChI=1S/C24H23FN4O5S/c25-18-5-3-17(4-6-18)23(30)28-22(12-16-2-1-11-26-13-16)24(31)27-19-7-9-21(10-8-19)35(32,33)29-20-14-34-15-20/h1-11,13,20,22,29H,12,14-15H2,(H,27,31)(H,28,30). The number of hydrogen-bond donors (Lipinski definition) is 3. The molecule has 3 aromatic rings. The maximum Gasteiger partial charge on any atom is 0.251 e. The van der Waals surface area contributed by atoms with Gasteiger partial charge in [-0.2, -0.15) is 0 Å². The molecule has 2 amide bonds. The maximum absolute atomic E-state index is 13.2. The van der Waals surface area contributed by atoms with E-state index in [1.54, 1.807) is 24.5 Å². The molecule has 1 aromatic heterocycles. The number of carbonyl (C=O) groups excluding carboxylic acids is 2. The van der Waals surface area contributed by atoms with E-state index in [0.717, 1.165) is 17.7 Å². The van der Waals surface area contributed by atoms with Gasteiger partial charge in [0.25, 0.3) is 5.91 Å². The number of rotatable bonds is 9. The van der Waals surface area contributed by atoms with Gasteiger partial charge in [-0.15, -0.1) is 0 Å². The predicted octanol–water partition coefficient (Wildman–Crippen LogP) is 1.88. The highest BCUT2D eigenvalue weighted by Crippen LogP contribution is 2.16. The van der Waals surface area contributed by atoms with Crippen molar-refractivity contribution in [2.45, 2.75) is 23.4 Å². The number of aromatic nitrogens is 1. The third kappa shape index (κ3) is 6.47. The molecule has 182 valence electrons. The average Bonchev–Trinajstić information content (AvgIpc) is 2.82. The summed E-state index contributed by atoms with van der Waals surface area (Å²) < 4.78 is 45.6. The van der Waals surface area contributed by atoms with Crippen LogP contribution in [0.5, 0.6) is 0 Å². The van der Waals surface area contributed by atoms with Gasteiger partial charge in [0, 0.05) is 30.1 Å². The van der Waals surface area contributed by atoms with Crippen LogP contribution in [0.25, 0.3) is 0 Å². The molecule has 9 nitrogen and oxygen atoms in total. The van der Waals surface area contributed by atoms with Crippen LogP contribution in [0, 0.1) is 5.82 Å². The molecule has 35 heavy (non-hydrogen) atoms. The Morgan fingerprint density at radius 1 is 1.06 bits per heavy atom. The number of carbonyl (C=O) groups is 2. The minimum absolute atomic E-state index is 0.0546. The Morgan fingerprint density at radius 2 is 1.77 bits per heavy atom. The Hall–Kier alpha value is -3.67. The molecule has 1 aliphatic rings. The molecule has 1 saturated heterocycles. The molecule has 11 heteroatoms. The van der Waals surface area contributed by atoms with E-state index in [2.05, 4.69) is 20.3 Å². The molecule has 0 radical (unpaired) electrons. The van der Waals surface area contributed by atoms with E-state index in [0.29, 0.717) is 18.9 Å². The second-order valence-corrected chi connectivity index (χ2v) is 9.68. The zero-order chi connectivity index (χ0) is 24.8. The van der Waals surface area contributed by atoms with Gasteiger partial charge in [0.2, 0.25) is 15.9 Å². The van der Waals surface area contributed by atoms with E-state index in [4.69, 9.17) is 4.74 Å². The van der Waals surface area contributed by atoms with Crippen LogP contribution in [0.2, 0.25) is 0 Å². The summed E-state index contributed by atoms with van der Waals surface area (Å²) >= 11 is 0. The molecular formula is C24H23FN4O5S. The summed E-state index contributed by atoms with van der Waals surface area (Å²) in [7, 11) is -3.71. The number of benzene rings is 2. The van der Waals surface area contributed by atoms with Crippen LogP contribution < -0.4 is 15.4 Å². The first-order chi connectivity index (χ1) is 16.8. The number of anilines is 1. The molecule has 1 aliphatic heterocycles. The molecule has 0 aliphatic carbocycles. The van der Waals surface area contributed by atoms with Gasteiger partial charge in [0.05, 0.1) is 24.2 Å². The summed E-state index contributed by atoms with van der Waals surface area (Å²) in [6.45, 7) is 0.657. The van der Waals surface area contributed by atoms with Gasteiger partial charge in [-0.3, -0.25) is 14.6 Å². The quantitative estimate of drug-likeness (QED) is 0.414. The van der Waals surface area contributed by atoms with Crippen LogP contribution in [0.15, 0.2) is 78.0 Å². The van der Waals surface area contributed by atoms with E-state index in [1.165, 1.54) is 36.4 Å². The topological polar surface area (TPSA) is 126 Å². The largest absolute Gasteiger partial charge is 0.378 e. The lowest BCUT2D eigenvalue weighted by atomic mass is 10.1. The van der Waals surface area contributed by atoms with Crippen molar-refractivity contribution < 1.29 is 27.1 Å². The SMILES string of the molecule is O=C(NC(Cc1cccnc1)C(=O)Nc1ccc(S(=O)(=O)NC2COC2)cc1)c1ccc(F)cc1. The fourth-order valence-electron chi connectivity index (χ4n) is 3.34. The average molecular weight is 499 g/mol. The Balaban J connectivity index is 1.47. The number of sulfonamides is 1. The molecule has 1 unspecified atom stereocenters. The number of nitrogens with one attached hydrogen (secondary N) is 3. The molecule has 0 bridgehead atoms. The summed E-state index contributed by atoms with van der Waals surface area (Å²) in [6.07, 6.45) is 3.34. The summed E-state index contributed by atoms with van der Waals surface area (Å²) in [5, 5.41) is 5.37. The fourth-order valence-corrected chi connectivity index (χ4v) is 4.55. The fraction of sp³-hybridized carbons (Fsp3) is 0.208. The molecule has 0 spiro atoms. The minimum atomic E-state index is -3.71. The van der Waals surface area contributed by atoms with Crippen LogP contribution in [-0.2, 0) is 26.0 Å². The second kappa shape index (κ2) is 10.7. The van der Waals surface area contributed by atoms with Crippen LogP contribution in [-0.4, -0.2) is 50.5 Å². The first-order valence-electron chi connectivity index (χ1n) is 10.8. The first-order valence-corrected chi connectivity index (χ1v) is 12.2. The van der Waals surface area contributed by atoms with Crippen molar-refractivity contribution in [1.82, 2.24) is 15.0 Å². The summed E-state index contributed by atoms with van der Waals surface area (Å²) in [6, 6.07) is 12.9. The van der Waals surface area contributed by atoms with Crippen molar-refractivity contribution in [2.75, 3.05) is 18.5 Å². The third-order valence-electron chi connectivity index (χ3n) is 5.28. The van der Waals surface area contributed by atoms with Crippen LogP contribution in [0.4, 0.5) is 10.1 Å². The van der Waals surface area contributed by atoms with E-state index in [-0.39, 0.29) is 22.9 Å². The van der Waals surface area contributed by atoms with Gasteiger partial charge in [-0.05, 0) is 60.2 Å². The van der Waals surface area contributed by atoms with E-state index < -0.39 is 33.7 Å². The number of nitrogens with zero attached hydrogens (tertiary/aromatic N) is 1. The van der Waals surface area contributed by atoms with E-state index in [1.807, 2.05) is 0 Å². The Labute approximate surface area is 201 Å². The van der Waals surface area contributed by atoms with Crippen molar-refractivity contribution in [3.8, 4) is 0 Å². The van der Waals surface area contributed by atoms with E-state index >= 15 is 0 Å². The molecule has 2 heterocycles. The molecule has 2 aromatic carbocycles. The van der Waals surface area contributed by atoms with Gasteiger partial charge in [0.15, 0.2) is 0 Å². The Bertz CT molecular complexity index is 1280. The van der Waals surface area contributed by atoms with Crippen LogP contribution in [0.1, 0.15) is 15.9 Å². The third-order valence-corrected chi connectivity index (χ3v) is 6.82. The number of pyridine rings is 1. The van der Waals surface area contributed by atoms with Gasteiger partial charge >= 0.3 is 0 Å². The van der Waals surface area contributed by atoms with Gasteiger partial charge in [-0.1, -0.05) is 6.07 Å². The molecular weight excluding hydrogens is 475 g/mol. The molecule has 0 saturated carbocycles. The van der Waals surface area contributed by atoms with Crippen molar-refractivity contribution in [3.63, 3.8) is 0 Å². The van der Waals surface area contributed by atoms with Crippen molar-refractivity contribution in [2.24, 2.45) is 0 Å². The van der Waals surface area contributed by atoms with E-state index in [9.17, 15) is 22.4 Å². The van der Waals surface area contributed by atoms with Crippen molar-refractivity contribution in [3.05, 3.63) is 90.0 Å². The number of amides is 2. The highest BCUT2D eigenvalue weighted by atomic mass is 32.2. The van der Waals surface area contributed by atoms with Crippen LogP contribution in [0.3, 0.4) is 0 Å². The molecule has 1 atom stereocenters. The Kier molecular flexibility index (Phi) is 7.49. The second-order valence-electron chi connectivity index (χ2n) is 7.97. The Morgan fingerprint density at radius 3 is 2.37 bits per heavy atom. The lowest BCUT2D eigenvalue weighted by Gasteiger charge is -2.26. The lowest BCUT2D eigenvalue weighted by molar-refractivity contribution is -0.118. The predicted molar refractivity (Wildman–Crippen MR) is 126 cm³/mol. The summed E-state index contributed by atoms with van der Waals surface area (Å²) in [5.74, 6) is -1.53. The highest BCUT2D eigenvalue weighted by Gasteiger charge is 2.26. The molecule has 1 fully saturated rings. The summed E-state index contributed by atoms with van der Waals surface area (Å²) in [5.41, 5.74) is 1.28. The van der Waals surface area contributed by atoms with Crippen LogP contribution >= 0.6 is 0 Å². The van der Waals surface area contributed by atoms with Crippen molar-refractivity contribution in [1.29, 1.82) is 0 Å². The lowest BCUT2D eigenvalue weighted by Crippen LogP contribution is -2.48. The van der Waals surface area contributed by atoms with Crippen molar-refractivity contribution >= 4 is 27.5 Å². The maximum atomic E-state index is 13.2. The number of ether oxygens (including phenoxy) is 1. The number of hydrogen-bond acceptors (Lipinski definition) is 6. The zero-order valence-corrected chi connectivity index (χ0v) is 19.3. The minimum Gasteiger partial charge on any atom is -0.378 e. The molecule has 4 rings (SSSR count).